The maximum Gasteiger partial charge on any atom is 0.123 e. The van der Waals surface area contributed by atoms with E-state index in [-0.39, 0.29) is 11.9 Å². The summed E-state index contributed by atoms with van der Waals surface area (Å²) in [6, 6.07) is 8.33. The van der Waals surface area contributed by atoms with Gasteiger partial charge in [-0.25, -0.2) is 4.39 Å². The molecule has 0 fully saturated rings. The smallest absolute Gasteiger partial charge is 0.123 e. The summed E-state index contributed by atoms with van der Waals surface area (Å²) in [5.41, 5.74) is 8.30. The van der Waals surface area contributed by atoms with Crippen molar-refractivity contribution in [2.45, 2.75) is 25.9 Å². The second-order valence-electron chi connectivity index (χ2n) is 5.19. The third-order valence-corrected chi connectivity index (χ3v) is 3.53. The highest BCUT2D eigenvalue weighted by molar-refractivity contribution is 5.19. The number of hydrogen-bond donors (Lipinski definition) is 1. The van der Waals surface area contributed by atoms with Crippen LogP contribution in [0.15, 0.2) is 41.0 Å². The first-order valence-corrected chi connectivity index (χ1v) is 6.79. The molecule has 2 aromatic rings. The molecule has 3 nitrogen and oxygen atoms in total. The Labute approximate surface area is 119 Å². The Morgan fingerprint density at radius 2 is 1.95 bits per heavy atom. The topological polar surface area (TPSA) is 42.4 Å². The summed E-state index contributed by atoms with van der Waals surface area (Å²) in [5, 5.41) is 0. The first-order valence-electron chi connectivity index (χ1n) is 6.79. The van der Waals surface area contributed by atoms with Gasteiger partial charge in [0.15, 0.2) is 0 Å². The summed E-state index contributed by atoms with van der Waals surface area (Å²) >= 11 is 0. The molecule has 0 aliphatic rings. The lowest BCUT2D eigenvalue weighted by molar-refractivity contribution is 0.309. The summed E-state index contributed by atoms with van der Waals surface area (Å²) < 4.78 is 18.1. The first kappa shape index (κ1) is 14.8. The third kappa shape index (κ3) is 3.92. The van der Waals surface area contributed by atoms with Crippen LogP contribution in [0, 0.1) is 12.7 Å². The molecule has 4 heteroatoms. The Kier molecular flexibility index (Phi) is 4.93. The van der Waals surface area contributed by atoms with E-state index in [1.165, 1.54) is 17.7 Å². The average molecular weight is 276 g/mol. The average Bonchev–Trinajstić information content (AvgIpc) is 2.82. The minimum absolute atomic E-state index is 0.0662. The fourth-order valence-corrected chi connectivity index (χ4v) is 2.18. The maximum atomic E-state index is 12.9. The Morgan fingerprint density at radius 3 is 2.55 bits per heavy atom. The zero-order valence-corrected chi connectivity index (χ0v) is 12.0. The van der Waals surface area contributed by atoms with E-state index in [0.717, 1.165) is 30.8 Å². The van der Waals surface area contributed by atoms with Crippen LogP contribution >= 0.6 is 0 Å². The number of benzene rings is 1. The van der Waals surface area contributed by atoms with Crippen molar-refractivity contribution in [2.75, 3.05) is 13.6 Å². The summed E-state index contributed by atoms with van der Waals surface area (Å²) in [6.07, 6.45) is 2.54. The van der Waals surface area contributed by atoms with Crippen LogP contribution in [-0.2, 0) is 6.54 Å². The number of aryl methyl sites for hydroxylation is 1. The van der Waals surface area contributed by atoms with E-state index in [1.54, 1.807) is 18.4 Å². The van der Waals surface area contributed by atoms with Crippen molar-refractivity contribution in [3.63, 3.8) is 0 Å². The lowest BCUT2D eigenvalue weighted by Crippen LogP contribution is -2.23. The molecule has 1 aromatic heterocycles. The van der Waals surface area contributed by atoms with Gasteiger partial charge in [0.05, 0.1) is 6.26 Å². The van der Waals surface area contributed by atoms with Crippen molar-refractivity contribution < 1.29 is 8.81 Å². The number of furan rings is 1. The van der Waals surface area contributed by atoms with Crippen LogP contribution in [0.5, 0.6) is 0 Å². The number of hydrogen-bond acceptors (Lipinski definition) is 3. The van der Waals surface area contributed by atoms with Gasteiger partial charge in [0, 0.05) is 18.2 Å². The lowest BCUT2D eigenvalue weighted by Gasteiger charge is -2.19. The molecule has 1 aromatic carbocycles. The standard InChI is InChI=1S/C16H21FN2O/c1-12-14(8-10-20-12)11-19(2)9-7-16(18)13-3-5-15(17)6-4-13/h3-6,8,10,16H,7,9,11,18H2,1-2H3. The summed E-state index contributed by atoms with van der Waals surface area (Å²) in [5.74, 6) is 0.730. The van der Waals surface area contributed by atoms with E-state index in [1.807, 2.05) is 13.0 Å². The van der Waals surface area contributed by atoms with Crippen molar-refractivity contribution in [2.24, 2.45) is 5.73 Å². The molecule has 1 unspecified atom stereocenters. The number of nitrogens with zero attached hydrogens (tertiary/aromatic N) is 1. The Bertz CT molecular complexity index is 536. The molecule has 0 bridgehead atoms. The molecule has 0 aliphatic heterocycles. The van der Waals surface area contributed by atoms with E-state index in [4.69, 9.17) is 10.2 Å². The fraction of sp³-hybridized carbons (Fsp3) is 0.375. The van der Waals surface area contributed by atoms with Crippen molar-refractivity contribution >= 4 is 0 Å². The van der Waals surface area contributed by atoms with Gasteiger partial charge in [-0.2, -0.15) is 0 Å². The predicted octanol–water partition coefficient (Wildman–Crippen LogP) is 3.25. The molecule has 2 N–H and O–H groups in total. The molecule has 108 valence electrons. The minimum atomic E-state index is -0.228. The van der Waals surface area contributed by atoms with Crippen LogP contribution in [0.25, 0.3) is 0 Å². The van der Waals surface area contributed by atoms with Crippen molar-refractivity contribution in [3.05, 3.63) is 59.3 Å². The van der Waals surface area contributed by atoms with Crippen LogP contribution in [0.3, 0.4) is 0 Å². The summed E-state index contributed by atoms with van der Waals surface area (Å²) in [7, 11) is 2.06. The van der Waals surface area contributed by atoms with Crippen molar-refractivity contribution in [1.29, 1.82) is 0 Å². The van der Waals surface area contributed by atoms with E-state index in [9.17, 15) is 4.39 Å². The van der Waals surface area contributed by atoms with Gasteiger partial charge in [-0.3, -0.25) is 0 Å². The highest BCUT2D eigenvalue weighted by atomic mass is 19.1. The van der Waals surface area contributed by atoms with Gasteiger partial charge >= 0.3 is 0 Å². The van der Waals surface area contributed by atoms with Gasteiger partial charge in [-0.1, -0.05) is 12.1 Å². The largest absolute Gasteiger partial charge is 0.469 e. The van der Waals surface area contributed by atoms with Gasteiger partial charge in [-0.05, 0) is 50.7 Å². The normalized spacial score (nSPS) is 12.8. The quantitative estimate of drug-likeness (QED) is 0.880. The van der Waals surface area contributed by atoms with Gasteiger partial charge < -0.3 is 15.1 Å². The van der Waals surface area contributed by atoms with E-state index >= 15 is 0 Å². The Balaban J connectivity index is 1.82. The van der Waals surface area contributed by atoms with Crippen LogP contribution in [0.2, 0.25) is 0 Å². The van der Waals surface area contributed by atoms with Crippen molar-refractivity contribution in [3.8, 4) is 0 Å². The third-order valence-electron chi connectivity index (χ3n) is 3.53. The Hall–Kier alpha value is -1.65. The second kappa shape index (κ2) is 6.68. The highest BCUT2D eigenvalue weighted by Crippen LogP contribution is 2.16. The maximum absolute atomic E-state index is 12.9. The molecule has 1 atom stereocenters. The number of nitrogens with two attached hydrogens (primary N) is 1. The lowest BCUT2D eigenvalue weighted by atomic mass is 10.0. The zero-order chi connectivity index (χ0) is 14.5. The summed E-state index contributed by atoms with van der Waals surface area (Å²) in [4.78, 5) is 2.21. The molecule has 20 heavy (non-hydrogen) atoms. The van der Waals surface area contributed by atoms with Crippen LogP contribution in [-0.4, -0.2) is 18.5 Å². The van der Waals surface area contributed by atoms with Gasteiger partial charge in [0.25, 0.3) is 0 Å². The van der Waals surface area contributed by atoms with Crippen LogP contribution in [0.1, 0.15) is 29.3 Å². The summed E-state index contributed by atoms with van der Waals surface area (Å²) in [6.45, 7) is 3.69. The molecule has 0 amide bonds. The number of halogens is 1. The molecule has 0 saturated heterocycles. The molecule has 0 spiro atoms. The van der Waals surface area contributed by atoms with E-state index in [2.05, 4.69) is 11.9 Å². The van der Waals surface area contributed by atoms with Gasteiger partial charge in [-0.15, -0.1) is 0 Å². The monoisotopic (exact) mass is 276 g/mol. The van der Waals surface area contributed by atoms with Crippen LogP contribution < -0.4 is 5.73 Å². The predicted molar refractivity (Wildman–Crippen MR) is 77.7 cm³/mol. The molecule has 2 rings (SSSR count). The SMILES string of the molecule is Cc1occc1CN(C)CCC(N)c1ccc(F)cc1. The second-order valence-corrected chi connectivity index (χ2v) is 5.19. The minimum Gasteiger partial charge on any atom is -0.469 e. The fourth-order valence-electron chi connectivity index (χ4n) is 2.18. The van der Waals surface area contributed by atoms with Crippen LogP contribution in [0.4, 0.5) is 4.39 Å². The van der Waals surface area contributed by atoms with Gasteiger partial charge in [0.1, 0.15) is 11.6 Å². The molecular formula is C16H21FN2O. The zero-order valence-electron chi connectivity index (χ0n) is 12.0. The highest BCUT2D eigenvalue weighted by Gasteiger charge is 2.09. The van der Waals surface area contributed by atoms with E-state index < -0.39 is 0 Å². The number of rotatable bonds is 6. The van der Waals surface area contributed by atoms with Crippen molar-refractivity contribution in [1.82, 2.24) is 4.90 Å². The molecule has 1 heterocycles. The van der Waals surface area contributed by atoms with Gasteiger partial charge in [0.2, 0.25) is 0 Å². The first-order chi connectivity index (χ1) is 9.56. The molecule has 0 saturated carbocycles. The Morgan fingerprint density at radius 1 is 1.25 bits per heavy atom. The molecular weight excluding hydrogens is 255 g/mol. The molecule has 0 aliphatic carbocycles. The molecule has 0 radical (unpaired) electrons. The van der Waals surface area contributed by atoms with E-state index in [0.29, 0.717) is 0 Å².